The monoisotopic (exact) mass is 370 g/mol. The van der Waals surface area contributed by atoms with Crippen LogP contribution in [-0.2, 0) is 19.1 Å². The van der Waals surface area contributed by atoms with Crippen molar-refractivity contribution >= 4 is 29.2 Å². The van der Waals surface area contributed by atoms with Crippen LogP contribution in [0.25, 0.3) is 0 Å². The predicted octanol–water partition coefficient (Wildman–Crippen LogP) is 3.12. The van der Waals surface area contributed by atoms with Gasteiger partial charge in [-0.2, -0.15) is 0 Å². The number of fused-ring (bicyclic) bond motifs is 3. The maximum atomic E-state index is 12.9. The van der Waals surface area contributed by atoms with Crippen LogP contribution in [0.3, 0.4) is 0 Å². The standard InChI is InChI=1S/C21H26N2O4/c1-21(2)20(26)22-16-5-3-4-6-17(16)23(21)18(24)12-27-19(25)11-15-10-13-7-8-14(15)9-13/h3-6,13-15H,7-12H2,1-2H3,(H,22,26)/t13-,14+,15-/m0/s1. The number of para-hydroxylation sites is 2. The minimum Gasteiger partial charge on any atom is -0.456 e. The number of carbonyl (C=O) groups excluding carboxylic acids is 3. The number of amides is 2. The second-order valence-electron chi connectivity index (χ2n) is 8.56. The second kappa shape index (κ2) is 6.66. The summed E-state index contributed by atoms with van der Waals surface area (Å²) in [6.07, 6.45) is 5.26. The Morgan fingerprint density at radius 2 is 2.00 bits per heavy atom. The first-order valence-corrected chi connectivity index (χ1v) is 9.75. The Balaban J connectivity index is 1.41. The molecule has 27 heavy (non-hydrogen) atoms. The molecule has 1 N–H and O–H groups in total. The topological polar surface area (TPSA) is 75.7 Å². The Labute approximate surface area is 159 Å². The summed E-state index contributed by atoms with van der Waals surface area (Å²) in [5.41, 5.74) is 0.155. The van der Waals surface area contributed by atoms with Crippen LogP contribution in [0.2, 0.25) is 0 Å². The number of hydrogen-bond donors (Lipinski definition) is 1. The third-order valence-corrected chi connectivity index (χ3v) is 6.43. The third-order valence-electron chi connectivity index (χ3n) is 6.43. The van der Waals surface area contributed by atoms with Crippen molar-refractivity contribution in [3.05, 3.63) is 24.3 Å². The van der Waals surface area contributed by atoms with Crippen molar-refractivity contribution in [3.63, 3.8) is 0 Å². The fourth-order valence-corrected chi connectivity index (χ4v) is 5.00. The number of benzene rings is 1. The summed E-state index contributed by atoms with van der Waals surface area (Å²) in [4.78, 5) is 39.0. The molecule has 2 saturated carbocycles. The summed E-state index contributed by atoms with van der Waals surface area (Å²) >= 11 is 0. The van der Waals surface area contributed by atoms with E-state index < -0.39 is 5.54 Å². The first-order chi connectivity index (χ1) is 12.9. The number of rotatable bonds is 4. The van der Waals surface area contributed by atoms with E-state index in [1.165, 1.54) is 24.2 Å². The van der Waals surface area contributed by atoms with E-state index in [9.17, 15) is 14.4 Å². The van der Waals surface area contributed by atoms with Crippen molar-refractivity contribution < 1.29 is 19.1 Å². The SMILES string of the molecule is CC1(C)C(=O)Nc2ccccc2N1C(=O)COC(=O)C[C@@H]1C[C@H]2CC[C@@H]1C2. The van der Waals surface area contributed by atoms with Crippen LogP contribution >= 0.6 is 0 Å². The van der Waals surface area contributed by atoms with Gasteiger partial charge in [0.15, 0.2) is 6.61 Å². The molecule has 2 aliphatic carbocycles. The predicted molar refractivity (Wildman–Crippen MR) is 101 cm³/mol. The number of anilines is 2. The van der Waals surface area contributed by atoms with Crippen LogP contribution in [0, 0.1) is 17.8 Å². The highest BCUT2D eigenvalue weighted by Gasteiger charge is 2.44. The van der Waals surface area contributed by atoms with Gasteiger partial charge in [-0.3, -0.25) is 19.3 Å². The number of hydrogen-bond acceptors (Lipinski definition) is 4. The third kappa shape index (κ3) is 3.22. The molecule has 0 spiro atoms. The van der Waals surface area contributed by atoms with E-state index in [-0.39, 0.29) is 24.4 Å². The quantitative estimate of drug-likeness (QED) is 0.826. The molecule has 0 unspecified atom stereocenters. The molecular weight excluding hydrogens is 344 g/mol. The summed E-state index contributed by atoms with van der Waals surface area (Å²) in [5, 5.41) is 2.82. The van der Waals surface area contributed by atoms with Crippen LogP contribution in [0.1, 0.15) is 46.0 Å². The Kier molecular flexibility index (Phi) is 4.44. The van der Waals surface area contributed by atoms with Crippen LogP contribution in [0.15, 0.2) is 24.3 Å². The molecule has 0 saturated heterocycles. The van der Waals surface area contributed by atoms with E-state index >= 15 is 0 Å². The first kappa shape index (κ1) is 18.0. The molecule has 6 heteroatoms. The van der Waals surface area contributed by atoms with Gasteiger partial charge in [0.1, 0.15) is 5.54 Å². The van der Waals surface area contributed by atoms with Gasteiger partial charge in [-0.05, 0) is 63.0 Å². The van der Waals surface area contributed by atoms with Crippen molar-refractivity contribution in [1.29, 1.82) is 0 Å². The number of nitrogens with one attached hydrogen (secondary N) is 1. The van der Waals surface area contributed by atoms with Gasteiger partial charge >= 0.3 is 5.97 Å². The Morgan fingerprint density at radius 3 is 2.70 bits per heavy atom. The smallest absolute Gasteiger partial charge is 0.306 e. The number of nitrogens with zero attached hydrogens (tertiary/aromatic N) is 1. The number of esters is 1. The minimum atomic E-state index is -1.05. The normalized spacial score (nSPS) is 27.9. The molecule has 6 nitrogen and oxygen atoms in total. The molecule has 0 radical (unpaired) electrons. The van der Waals surface area contributed by atoms with E-state index in [0.717, 1.165) is 12.3 Å². The summed E-state index contributed by atoms with van der Waals surface area (Å²) < 4.78 is 5.31. The highest BCUT2D eigenvalue weighted by molar-refractivity contribution is 6.14. The highest BCUT2D eigenvalue weighted by Crippen LogP contribution is 2.49. The summed E-state index contributed by atoms with van der Waals surface area (Å²) in [5.74, 6) is 0.873. The van der Waals surface area contributed by atoms with E-state index in [1.807, 2.05) is 6.07 Å². The van der Waals surface area contributed by atoms with Gasteiger partial charge in [0.25, 0.3) is 5.91 Å². The van der Waals surface area contributed by atoms with Crippen molar-refractivity contribution in [3.8, 4) is 0 Å². The zero-order chi connectivity index (χ0) is 19.2. The van der Waals surface area contributed by atoms with Gasteiger partial charge in [0.2, 0.25) is 5.91 Å². The van der Waals surface area contributed by atoms with E-state index in [2.05, 4.69) is 5.32 Å². The Bertz CT molecular complexity index is 788. The van der Waals surface area contributed by atoms with Gasteiger partial charge in [-0.15, -0.1) is 0 Å². The highest BCUT2D eigenvalue weighted by atomic mass is 16.5. The molecule has 1 aromatic rings. The average molecular weight is 370 g/mol. The van der Waals surface area contributed by atoms with Gasteiger partial charge < -0.3 is 10.1 Å². The molecule has 0 aromatic heterocycles. The largest absolute Gasteiger partial charge is 0.456 e. The Hall–Kier alpha value is -2.37. The van der Waals surface area contributed by atoms with Gasteiger partial charge in [0.05, 0.1) is 11.4 Å². The molecule has 3 atom stereocenters. The van der Waals surface area contributed by atoms with E-state index in [1.54, 1.807) is 32.0 Å². The van der Waals surface area contributed by atoms with Crippen LogP contribution in [0.4, 0.5) is 11.4 Å². The van der Waals surface area contributed by atoms with Crippen molar-refractivity contribution in [2.75, 3.05) is 16.8 Å². The van der Waals surface area contributed by atoms with Gasteiger partial charge in [0, 0.05) is 6.42 Å². The van der Waals surface area contributed by atoms with E-state index in [4.69, 9.17) is 4.74 Å². The zero-order valence-electron chi connectivity index (χ0n) is 15.9. The van der Waals surface area contributed by atoms with Crippen molar-refractivity contribution in [1.82, 2.24) is 0 Å². The molecule has 1 aromatic carbocycles. The van der Waals surface area contributed by atoms with E-state index in [0.29, 0.717) is 29.6 Å². The van der Waals surface area contributed by atoms with Gasteiger partial charge in [-0.25, -0.2) is 0 Å². The minimum absolute atomic E-state index is 0.261. The maximum absolute atomic E-state index is 12.9. The van der Waals surface area contributed by atoms with Crippen LogP contribution < -0.4 is 10.2 Å². The molecule has 1 aliphatic heterocycles. The summed E-state index contributed by atoms with van der Waals surface area (Å²) in [7, 11) is 0. The summed E-state index contributed by atoms with van der Waals surface area (Å²) in [6, 6.07) is 7.15. The van der Waals surface area contributed by atoms with Crippen LogP contribution in [-0.4, -0.2) is 29.9 Å². The fraction of sp³-hybridized carbons (Fsp3) is 0.571. The lowest BCUT2D eigenvalue weighted by molar-refractivity contribution is -0.149. The number of carbonyl (C=O) groups is 3. The average Bonchev–Trinajstić information content (AvgIpc) is 3.23. The summed E-state index contributed by atoms with van der Waals surface area (Å²) in [6.45, 7) is 3.03. The molecule has 2 fully saturated rings. The van der Waals surface area contributed by atoms with Crippen molar-refractivity contribution in [2.24, 2.45) is 17.8 Å². The lowest BCUT2D eigenvalue weighted by atomic mass is 9.86. The molecule has 3 aliphatic rings. The molecule has 144 valence electrons. The van der Waals surface area contributed by atoms with Crippen LogP contribution in [0.5, 0.6) is 0 Å². The Morgan fingerprint density at radius 1 is 1.22 bits per heavy atom. The number of ether oxygens (including phenoxy) is 1. The molecule has 1 heterocycles. The molecular formula is C21H26N2O4. The fourth-order valence-electron chi connectivity index (χ4n) is 5.00. The second-order valence-corrected chi connectivity index (χ2v) is 8.56. The lowest BCUT2D eigenvalue weighted by Crippen LogP contribution is -2.59. The van der Waals surface area contributed by atoms with Gasteiger partial charge in [-0.1, -0.05) is 18.6 Å². The zero-order valence-corrected chi connectivity index (χ0v) is 15.9. The van der Waals surface area contributed by atoms with Crippen molar-refractivity contribution in [2.45, 2.75) is 51.5 Å². The maximum Gasteiger partial charge on any atom is 0.306 e. The lowest BCUT2D eigenvalue weighted by Gasteiger charge is -2.41. The molecule has 2 amide bonds. The molecule has 2 bridgehead atoms. The molecule has 4 rings (SSSR count). The first-order valence-electron chi connectivity index (χ1n) is 9.75.